The second kappa shape index (κ2) is 2.34. The summed E-state index contributed by atoms with van der Waals surface area (Å²) in [4.78, 5) is 19.3. The summed E-state index contributed by atoms with van der Waals surface area (Å²) >= 11 is 0. The van der Waals surface area contributed by atoms with Crippen LogP contribution in [-0.2, 0) is 14.7 Å². The summed E-state index contributed by atoms with van der Waals surface area (Å²) in [5.41, 5.74) is 0. The molecule has 0 amide bonds. The third-order valence-electron chi connectivity index (χ3n) is 0.549. The van der Waals surface area contributed by atoms with Crippen LogP contribution in [-0.4, -0.2) is 11.8 Å². The van der Waals surface area contributed by atoms with Crippen molar-refractivity contribution in [3.63, 3.8) is 0 Å². The number of hydrogen-bond acceptors (Lipinski definition) is 2. The van der Waals surface area contributed by atoms with Crippen LogP contribution in [0.1, 0.15) is 13.3 Å². The van der Waals surface area contributed by atoms with E-state index < -0.39 is 11.8 Å². The Labute approximate surface area is 41.0 Å². The summed E-state index contributed by atoms with van der Waals surface area (Å²) < 4.78 is 0. The van der Waals surface area contributed by atoms with Crippen LogP contribution in [0.4, 0.5) is 0 Å². The van der Waals surface area contributed by atoms with E-state index in [1.54, 1.807) is 0 Å². The molecule has 0 aromatic carbocycles. The summed E-state index contributed by atoms with van der Waals surface area (Å²) in [5, 5.41) is 9.47. The Hall–Kier alpha value is -0.860. The van der Waals surface area contributed by atoms with Crippen molar-refractivity contribution in [3.05, 3.63) is 0 Å². The minimum atomic E-state index is -1.59. The Morgan fingerprint density at radius 1 is 1.43 bits per heavy atom. The molecule has 0 aromatic heterocycles. The fourth-order valence-corrected chi connectivity index (χ4v) is 0.144. The van der Waals surface area contributed by atoms with Gasteiger partial charge in [-0.3, -0.25) is 4.79 Å². The van der Waals surface area contributed by atoms with Crippen molar-refractivity contribution < 1.29 is 14.7 Å². The molecule has 0 saturated carbocycles. The molecule has 0 atom stereocenters. The highest BCUT2D eigenvalue weighted by Crippen LogP contribution is 1.77. The van der Waals surface area contributed by atoms with E-state index in [9.17, 15) is 14.7 Å². The first-order valence-corrected chi connectivity index (χ1v) is 1.92. The van der Waals surface area contributed by atoms with Crippen molar-refractivity contribution in [1.82, 2.24) is 0 Å². The van der Waals surface area contributed by atoms with E-state index in [0.29, 0.717) is 0 Å². The average Bonchev–Trinajstić information content (AvgIpc) is 1.65. The van der Waals surface area contributed by atoms with Crippen molar-refractivity contribution in [3.8, 4) is 0 Å². The molecule has 0 aromatic rings. The van der Waals surface area contributed by atoms with E-state index in [4.69, 9.17) is 0 Å². The van der Waals surface area contributed by atoms with Gasteiger partial charge in [0.15, 0.2) is 0 Å². The number of Topliss-reactive ketones (excluding diaryl/α,β-unsaturated/α-hetero) is 1. The number of rotatable bonds is 2. The van der Waals surface area contributed by atoms with Crippen molar-refractivity contribution in [2.45, 2.75) is 13.3 Å². The van der Waals surface area contributed by atoms with Crippen LogP contribution in [0.15, 0.2) is 0 Å². The molecule has 0 unspecified atom stereocenters. The van der Waals surface area contributed by atoms with Gasteiger partial charge in [0.25, 0.3) is 0 Å². The zero-order valence-electron chi connectivity index (χ0n) is 3.93. The van der Waals surface area contributed by atoms with Crippen molar-refractivity contribution in [2.75, 3.05) is 0 Å². The lowest BCUT2D eigenvalue weighted by atomic mass is 10.3. The molecule has 0 saturated heterocycles. The van der Waals surface area contributed by atoms with Gasteiger partial charge in [-0.2, -0.15) is 0 Å². The van der Waals surface area contributed by atoms with Crippen molar-refractivity contribution in [2.24, 2.45) is 0 Å². The molecule has 0 heterocycles. The van der Waals surface area contributed by atoms with Gasteiger partial charge in [0.2, 0.25) is 5.78 Å². The molecule has 0 aliphatic carbocycles. The van der Waals surface area contributed by atoms with Gasteiger partial charge < -0.3 is 0 Å². The van der Waals surface area contributed by atoms with E-state index >= 15 is 0 Å². The van der Waals surface area contributed by atoms with Gasteiger partial charge in [-0.05, 0) is 0 Å². The van der Waals surface area contributed by atoms with Crippen LogP contribution in [0.5, 0.6) is 0 Å². The topological polar surface area (TPSA) is 54.0 Å². The molecular weight excluding hydrogens is 96.0 g/mol. The zero-order chi connectivity index (χ0) is 5.86. The van der Waals surface area contributed by atoms with Crippen LogP contribution >= 0.6 is 0 Å². The molecule has 7 heavy (non-hydrogen) atoms. The van der Waals surface area contributed by atoms with Crippen LogP contribution < -0.4 is 0 Å². The van der Waals surface area contributed by atoms with E-state index in [2.05, 4.69) is 0 Å². The van der Waals surface area contributed by atoms with Crippen LogP contribution in [0.3, 0.4) is 0 Å². The Bertz CT molecular complexity index is 95.1. The van der Waals surface area contributed by atoms with Gasteiger partial charge in [-0.1, -0.05) is 6.92 Å². The van der Waals surface area contributed by atoms with E-state index in [1.807, 2.05) is 0 Å². The molecular formula is C4H5O3. The SMILES string of the molecule is CCC(=O)C([O])=O. The normalized spacial score (nSPS) is 8.14. The summed E-state index contributed by atoms with van der Waals surface area (Å²) in [6, 6.07) is 0. The molecule has 0 spiro atoms. The first kappa shape index (κ1) is 6.14. The van der Waals surface area contributed by atoms with Gasteiger partial charge >= 0.3 is 5.97 Å². The van der Waals surface area contributed by atoms with Crippen molar-refractivity contribution >= 4 is 11.8 Å². The van der Waals surface area contributed by atoms with Crippen molar-refractivity contribution in [1.29, 1.82) is 0 Å². The second-order valence-electron chi connectivity index (χ2n) is 1.06. The Balaban J connectivity index is 3.58. The molecule has 39 valence electrons. The molecule has 0 aliphatic rings. The summed E-state index contributed by atoms with van der Waals surface area (Å²) in [6.07, 6.45) is 0.0162. The fourth-order valence-electron chi connectivity index (χ4n) is 0.144. The third kappa shape index (κ3) is 1.92. The first-order chi connectivity index (χ1) is 3.18. The van der Waals surface area contributed by atoms with Gasteiger partial charge in [0.1, 0.15) is 0 Å². The quantitative estimate of drug-likeness (QED) is 0.457. The van der Waals surface area contributed by atoms with E-state index in [1.165, 1.54) is 6.92 Å². The molecule has 3 heteroatoms. The molecule has 0 aliphatic heterocycles. The fraction of sp³-hybridized carbons (Fsp3) is 0.500. The Kier molecular flexibility index (Phi) is 2.05. The first-order valence-electron chi connectivity index (χ1n) is 1.92. The highest BCUT2D eigenvalue weighted by Gasteiger charge is 2.08. The minimum absolute atomic E-state index is 0.0162. The number of carbonyl (C=O) groups excluding carboxylic acids is 2. The molecule has 1 radical (unpaired) electrons. The Morgan fingerprint density at radius 3 is 1.86 bits per heavy atom. The monoisotopic (exact) mass is 101 g/mol. The number of ketones is 1. The smallest absolute Gasteiger partial charge is 0.287 e. The maximum atomic E-state index is 9.85. The van der Waals surface area contributed by atoms with E-state index in [-0.39, 0.29) is 6.42 Å². The number of hydrogen-bond donors (Lipinski definition) is 0. The average molecular weight is 101 g/mol. The van der Waals surface area contributed by atoms with Crippen LogP contribution in [0, 0.1) is 0 Å². The largest absolute Gasteiger partial charge is 0.421 e. The summed E-state index contributed by atoms with van der Waals surface area (Å²) in [7, 11) is 0. The molecule has 0 fully saturated rings. The molecule has 0 rings (SSSR count). The molecule has 0 N–H and O–H groups in total. The van der Waals surface area contributed by atoms with Gasteiger partial charge in [-0.15, -0.1) is 0 Å². The molecule has 3 nitrogen and oxygen atoms in total. The lowest BCUT2D eigenvalue weighted by Crippen LogP contribution is -2.08. The van der Waals surface area contributed by atoms with Gasteiger partial charge in [-0.25, -0.2) is 9.90 Å². The number of carbonyl (C=O) groups is 2. The zero-order valence-corrected chi connectivity index (χ0v) is 3.93. The standard InChI is InChI=1S/C4H5O3/c1-2-3(5)4(6)7/h2H2,1H3. The van der Waals surface area contributed by atoms with Crippen LogP contribution in [0.2, 0.25) is 0 Å². The third-order valence-corrected chi connectivity index (χ3v) is 0.549. The highest BCUT2D eigenvalue weighted by atomic mass is 16.4. The lowest BCUT2D eigenvalue weighted by molar-refractivity contribution is -0.153. The maximum Gasteiger partial charge on any atom is 0.421 e. The lowest BCUT2D eigenvalue weighted by Gasteiger charge is -1.76. The predicted octanol–water partition coefficient (Wildman–Crippen LogP) is -0.0774. The summed E-state index contributed by atoms with van der Waals surface area (Å²) in [5.74, 6) is -2.44. The predicted molar refractivity (Wildman–Crippen MR) is 21.0 cm³/mol. The van der Waals surface area contributed by atoms with E-state index in [0.717, 1.165) is 0 Å². The molecule has 0 bridgehead atoms. The minimum Gasteiger partial charge on any atom is -0.287 e. The highest BCUT2D eigenvalue weighted by molar-refractivity contribution is 6.32. The second-order valence-corrected chi connectivity index (χ2v) is 1.06. The van der Waals surface area contributed by atoms with Gasteiger partial charge in [0.05, 0.1) is 0 Å². The summed E-state index contributed by atoms with van der Waals surface area (Å²) in [6.45, 7) is 1.47. The van der Waals surface area contributed by atoms with Gasteiger partial charge in [0, 0.05) is 6.42 Å². The maximum absolute atomic E-state index is 9.85. The Morgan fingerprint density at radius 2 is 1.86 bits per heavy atom. The van der Waals surface area contributed by atoms with Crippen LogP contribution in [0.25, 0.3) is 0 Å².